The highest BCUT2D eigenvalue weighted by atomic mass is 32.1. The molecule has 1 aromatic carbocycles. The molecule has 0 amide bonds. The maximum atomic E-state index is 10.7. The van der Waals surface area contributed by atoms with Crippen LogP contribution >= 0.6 is 11.3 Å². The number of aldehydes is 1. The Morgan fingerprint density at radius 3 is 2.71 bits per heavy atom. The van der Waals surface area contributed by atoms with Crippen molar-refractivity contribution in [2.45, 2.75) is 0 Å². The topological polar surface area (TPSA) is 29.1 Å². The Morgan fingerprint density at radius 1 is 1.14 bits per heavy atom. The van der Waals surface area contributed by atoms with Crippen molar-refractivity contribution in [1.29, 1.82) is 0 Å². The van der Waals surface area contributed by atoms with Crippen molar-refractivity contribution in [3.05, 3.63) is 47.3 Å². The van der Waals surface area contributed by atoms with Crippen molar-refractivity contribution in [3.63, 3.8) is 0 Å². The normalized spacial score (nSPS) is 9.71. The van der Waals surface area contributed by atoms with Gasteiger partial charge in [0.25, 0.3) is 0 Å². The summed E-state index contributed by atoms with van der Waals surface area (Å²) in [5.74, 6) is 0. The van der Waals surface area contributed by atoms with E-state index in [0.29, 0.717) is 5.56 Å². The van der Waals surface area contributed by atoms with E-state index in [4.69, 9.17) is 0 Å². The molecule has 3 heteroatoms. The van der Waals surface area contributed by atoms with Crippen LogP contribution in [0.5, 0.6) is 0 Å². The number of benzene rings is 1. The van der Waals surface area contributed by atoms with Crippen molar-refractivity contribution in [2.75, 3.05) is 5.32 Å². The third kappa shape index (κ3) is 1.83. The van der Waals surface area contributed by atoms with Gasteiger partial charge in [-0.25, -0.2) is 0 Å². The number of nitrogens with one attached hydrogen (secondary N) is 1. The maximum Gasteiger partial charge on any atom is 0.152 e. The minimum Gasteiger partial charge on any atom is -0.347 e. The third-order valence-corrected chi connectivity index (χ3v) is 2.65. The highest BCUT2D eigenvalue weighted by molar-refractivity contribution is 7.14. The first-order valence-corrected chi connectivity index (χ1v) is 5.13. The summed E-state index contributed by atoms with van der Waals surface area (Å²) in [7, 11) is 0. The zero-order valence-electron chi connectivity index (χ0n) is 7.44. The Bertz CT molecular complexity index is 423. The van der Waals surface area contributed by atoms with Crippen LogP contribution in [0.2, 0.25) is 0 Å². The Hall–Kier alpha value is -1.61. The molecule has 2 rings (SSSR count). The minimum absolute atomic E-state index is 0.681. The predicted octanol–water partition coefficient (Wildman–Crippen LogP) is 3.30. The van der Waals surface area contributed by atoms with E-state index in [2.05, 4.69) is 5.32 Å². The van der Waals surface area contributed by atoms with Crippen molar-refractivity contribution in [2.24, 2.45) is 0 Å². The summed E-state index contributed by atoms with van der Waals surface area (Å²) in [5, 5.41) is 6.22. The Morgan fingerprint density at radius 2 is 2.00 bits per heavy atom. The fourth-order valence-corrected chi connectivity index (χ4v) is 1.83. The predicted molar refractivity (Wildman–Crippen MR) is 59.4 cm³/mol. The highest BCUT2D eigenvalue weighted by Gasteiger charge is 2.00. The van der Waals surface area contributed by atoms with Gasteiger partial charge in [-0.15, -0.1) is 11.3 Å². The summed E-state index contributed by atoms with van der Waals surface area (Å²) in [6, 6.07) is 11.4. The van der Waals surface area contributed by atoms with Gasteiger partial charge in [-0.1, -0.05) is 12.1 Å². The number of hydrogen-bond acceptors (Lipinski definition) is 3. The van der Waals surface area contributed by atoms with Gasteiger partial charge in [-0.2, -0.15) is 0 Å². The summed E-state index contributed by atoms with van der Waals surface area (Å²) < 4.78 is 0. The van der Waals surface area contributed by atoms with Gasteiger partial charge < -0.3 is 5.32 Å². The molecule has 0 saturated heterocycles. The molecule has 0 bridgehead atoms. The quantitative estimate of drug-likeness (QED) is 0.775. The number of hydrogen-bond donors (Lipinski definition) is 1. The molecule has 2 aromatic rings. The molecule has 0 radical (unpaired) electrons. The lowest BCUT2D eigenvalue weighted by Gasteiger charge is -2.05. The van der Waals surface area contributed by atoms with Crippen LogP contribution in [-0.4, -0.2) is 6.29 Å². The molecule has 1 N–H and O–H groups in total. The number of para-hydroxylation sites is 1. The average Bonchev–Trinajstić information content (AvgIpc) is 2.71. The van der Waals surface area contributed by atoms with E-state index in [9.17, 15) is 4.79 Å². The minimum atomic E-state index is 0.681. The van der Waals surface area contributed by atoms with Crippen LogP contribution in [0.15, 0.2) is 41.8 Å². The van der Waals surface area contributed by atoms with Crippen molar-refractivity contribution in [3.8, 4) is 0 Å². The second kappa shape index (κ2) is 4.07. The largest absolute Gasteiger partial charge is 0.347 e. The molecule has 0 atom stereocenters. The standard InChI is InChI=1S/C11H9NOS/c13-8-9-4-1-2-5-10(9)12-11-6-3-7-14-11/h1-8,12H. The molecule has 1 aromatic heterocycles. The number of carbonyl (C=O) groups excluding carboxylic acids is 1. The zero-order valence-corrected chi connectivity index (χ0v) is 8.25. The van der Waals surface area contributed by atoms with E-state index >= 15 is 0 Å². The Kier molecular flexibility index (Phi) is 2.60. The molecule has 14 heavy (non-hydrogen) atoms. The lowest BCUT2D eigenvalue weighted by Crippen LogP contribution is -1.92. The molecule has 0 unspecified atom stereocenters. The van der Waals surface area contributed by atoms with Crippen LogP contribution in [-0.2, 0) is 0 Å². The van der Waals surface area contributed by atoms with Gasteiger partial charge in [0, 0.05) is 11.3 Å². The van der Waals surface area contributed by atoms with Crippen molar-refractivity contribution in [1.82, 2.24) is 0 Å². The maximum absolute atomic E-state index is 10.7. The number of anilines is 2. The fraction of sp³-hybridized carbons (Fsp3) is 0. The zero-order chi connectivity index (χ0) is 9.80. The van der Waals surface area contributed by atoms with Gasteiger partial charge in [-0.05, 0) is 29.6 Å². The van der Waals surface area contributed by atoms with E-state index in [1.54, 1.807) is 17.4 Å². The van der Waals surface area contributed by atoms with Crippen molar-refractivity contribution < 1.29 is 4.79 Å². The highest BCUT2D eigenvalue weighted by Crippen LogP contribution is 2.23. The molecule has 2 nitrogen and oxygen atoms in total. The molecule has 0 aliphatic heterocycles. The van der Waals surface area contributed by atoms with Crippen LogP contribution < -0.4 is 5.32 Å². The van der Waals surface area contributed by atoms with E-state index in [-0.39, 0.29) is 0 Å². The number of carbonyl (C=O) groups is 1. The number of thiophene rings is 1. The van der Waals surface area contributed by atoms with E-state index in [1.807, 2.05) is 35.7 Å². The summed E-state index contributed by atoms with van der Waals surface area (Å²) in [5.41, 5.74) is 1.53. The van der Waals surface area contributed by atoms with E-state index in [1.165, 1.54) is 0 Å². The molecule has 0 aliphatic rings. The third-order valence-electron chi connectivity index (χ3n) is 1.87. The lowest BCUT2D eigenvalue weighted by molar-refractivity contribution is 0.112. The van der Waals surface area contributed by atoms with Gasteiger partial charge in [-0.3, -0.25) is 4.79 Å². The fourth-order valence-electron chi connectivity index (χ4n) is 1.20. The smallest absolute Gasteiger partial charge is 0.152 e. The molecule has 70 valence electrons. The summed E-state index contributed by atoms with van der Waals surface area (Å²) in [6.45, 7) is 0. The SMILES string of the molecule is O=Cc1ccccc1Nc1cccs1. The Balaban J connectivity index is 2.28. The van der Waals surface area contributed by atoms with Crippen LogP contribution in [0.3, 0.4) is 0 Å². The van der Waals surface area contributed by atoms with Gasteiger partial charge in [0.2, 0.25) is 0 Å². The molecule has 0 aliphatic carbocycles. The second-order valence-electron chi connectivity index (χ2n) is 2.81. The molecule has 0 saturated carbocycles. The van der Waals surface area contributed by atoms with Gasteiger partial charge in [0.1, 0.15) is 0 Å². The summed E-state index contributed by atoms with van der Waals surface area (Å²) in [4.78, 5) is 10.7. The monoisotopic (exact) mass is 203 g/mol. The molecule has 0 spiro atoms. The first kappa shape index (κ1) is 8.97. The average molecular weight is 203 g/mol. The molecule has 1 heterocycles. The van der Waals surface area contributed by atoms with Gasteiger partial charge in [0.05, 0.1) is 5.00 Å². The Labute approximate surface area is 86.2 Å². The second-order valence-corrected chi connectivity index (χ2v) is 3.76. The van der Waals surface area contributed by atoms with Crippen LogP contribution in [0.4, 0.5) is 10.7 Å². The molecule has 0 fully saturated rings. The van der Waals surface area contributed by atoms with Crippen LogP contribution in [0.1, 0.15) is 10.4 Å². The summed E-state index contributed by atoms with van der Waals surface area (Å²) >= 11 is 1.61. The lowest BCUT2D eigenvalue weighted by atomic mass is 10.2. The summed E-state index contributed by atoms with van der Waals surface area (Å²) in [6.07, 6.45) is 0.857. The van der Waals surface area contributed by atoms with Gasteiger partial charge in [0.15, 0.2) is 6.29 Å². The number of rotatable bonds is 3. The first-order chi connectivity index (χ1) is 6.90. The van der Waals surface area contributed by atoms with Crippen LogP contribution in [0.25, 0.3) is 0 Å². The van der Waals surface area contributed by atoms with E-state index < -0.39 is 0 Å². The first-order valence-electron chi connectivity index (χ1n) is 4.25. The van der Waals surface area contributed by atoms with Crippen molar-refractivity contribution >= 4 is 28.3 Å². The van der Waals surface area contributed by atoms with E-state index in [0.717, 1.165) is 17.0 Å². The molecular formula is C11H9NOS. The molecular weight excluding hydrogens is 194 g/mol. The van der Waals surface area contributed by atoms with Crippen LogP contribution in [0, 0.1) is 0 Å². The van der Waals surface area contributed by atoms with Gasteiger partial charge >= 0.3 is 0 Å².